The molecule has 0 unspecified atom stereocenters. The Labute approximate surface area is 200 Å². The second-order valence-corrected chi connectivity index (χ2v) is 9.40. The number of benzene rings is 1. The predicted octanol–water partition coefficient (Wildman–Crippen LogP) is 4.06. The number of rotatable bonds is 5. The number of aromatic nitrogens is 2. The first-order chi connectivity index (χ1) is 16.2. The molecule has 4 heterocycles. The Hall–Kier alpha value is -2.81. The molecular weight excluding hydrogens is 436 g/mol. The fourth-order valence-electron chi connectivity index (χ4n) is 4.73. The zero-order valence-corrected chi connectivity index (χ0v) is 20.0. The molecule has 0 bridgehead atoms. The molecule has 3 aliphatic rings. The van der Waals surface area contributed by atoms with Crippen molar-refractivity contribution in [2.24, 2.45) is 0 Å². The summed E-state index contributed by atoms with van der Waals surface area (Å²) in [5.74, 6) is 4.07. The molecule has 0 radical (unpaired) electrons. The highest BCUT2D eigenvalue weighted by Gasteiger charge is 2.23. The van der Waals surface area contributed by atoms with E-state index < -0.39 is 0 Å². The molecule has 2 N–H and O–H groups in total. The number of fused-ring (bicyclic) bond motifs is 1. The minimum absolute atomic E-state index is 0.273. The Morgan fingerprint density at radius 1 is 1.00 bits per heavy atom. The maximum Gasteiger partial charge on any atom is 0.232 e. The van der Waals surface area contributed by atoms with E-state index in [9.17, 15) is 0 Å². The van der Waals surface area contributed by atoms with Gasteiger partial charge in [-0.25, -0.2) is 0 Å². The van der Waals surface area contributed by atoms with Crippen molar-refractivity contribution in [3.05, 3.63) is 29.8 Å². The van der Waals surface area contributed by atoms with Crippen molar-refractivity contribution in [3.63, 3.8) is 0 Å². The highest BCUT2D eigenvalue weighted by molar-refractivity contribution is 7.80. The molecule has 0 saturated carbocycles. The van der Waals surface area contributed by atoms with Gasteiger partial charge in [0.1, 0.15) is 11.6 Å². The van der Waals surface area contributed by atoms with Gasteiger partial charge in [0.25, 0.3) is 0 Å². The number of ether oxygens (including phenoxy) is 2. The Morgan fingerprint density at radius 3 is 2.64 bits per heavy atom. The highest BCUT2D eigenvalue weighted by Crippen LogP contribution is 2.32. The van der Waals surface area contributed by atoms with E-state index in [0.29, 0.717) is 23.6 Å². The zero-order valence-electron chi connectivity index (χ0n) is 19.2. The van der Waals surface area contributed by atoms with Crippen LogP contribution in [0.4, 0.5) is 17.6 Å². The van der Waals surface area contributed by atoms with E-state index in [1.807, 2.05) is 18.2 Å². The number of anilines is 3. The lowest BCUT2D eigenvalue weighted by molar-refractivity contribution is 0.174. The van der Waals surface area contributed by atoms with Crippen molar-refractivity contribution >= 4 is 34.9 Å². The molecule has 2 aromatic rings. The molecule has 2 saturated heterocycles. The Bertz CT molecular complexity index is 997. The van der Waals surface area contributed by atoms with Crippen molar-refractivity contribution in [1.29, 1.82) is 0 Å². The van der Waals surface area contributed by atoms with Crippen molar-refractivity contribution in [3.8, 4) is 11.5 Å². The molecule has 0 aliphatic carbocycles. The maximum atomic E-state index is 5.57. The minimum Gasteiger partial charge on any atom is -0.454 e. The van der Waals surface area contributed by atoms with Crippen LogP contribution in [0.15, 0.2) is 24.3 Å². The Balaban J connectivity index is 1.30. The van der Waals surface area contributed by atoms with Crippen LogP contribution in [0.2, 0.25) is 0 Å². The van der Waals surface area contributed by atoms with Gasteiger partial charge in [0, 0.05) is 38.3 Å². The molecule has 0 amide bonds. The van der Waals surface area contributed by atoms with Gasteiger partial charge in [0.2, 0.25) is 12.7 Å². The number of nitrogens with one attached hydrogen (secondary N) is 2. The van der Waals surface area contributed by atoms with Gasteiger partial charge in [-0.2, -0.15) is 9.97 Å². The molecule has 176 valence electrons. The average molecular weight is 469 g/mol. The number of hydrogen-bond donors (Lipinski definition) is 2. The second-order valence-electron chi connectivity index (χ2n) is 8.99. The van der Waals surface area contributed by atoms with Gasteiger partial charge in [-0.3, -0.25) is 0 Å². The standard InChI is InChI=1S/C24H32N6O2S/c1-17-7-3-6-12-30(17)22-14-21(29-10-4-2-5-11-29)26-23(27-22)28-24(33)25-15-18-8-9-19-20(13-18)32-16-31-19/h8-9,13-14,17H,2-7,10-12,15-16H2,1H3,(H2,25,26,27,28,33)/t17-/m0/s1. The predicted molar refractivity (Wildman–Crippen MR) is 134 cm³/mol. The van der Waals surface area contributed by atoms with E-state index in [2.05, 4.69) is 33.4 Å². The smallest absolute Gasteiger partial charge is 0.232 e. The van der Waals surface area contributed by atoms with Crippen LogP contribution in [0.5, 0.6) is 11.5 Å². The summed E-state index contributed by atoms with van der Waals surface area (Å²) in [6.07, 6.45) is 7.37. The average Bonchev–Trinajstić information content (AvgIpc) is 3.31. The lowest BCUT2D eigenvalue weighted by Crippen LogP contribution is -2.39. The first-order valence-electron chi connectivity index (χ1n) is 12.0. The molecule has 2 fully saturated rings. The normalized spacial score (nSPS) is 20.0. The molecule has 1 aromatic carbocycles. The molecule has 5 rings (SSSR count). The summed E-state index contributed by atoms with van der Waals surface area (Å²) in [7, 11) is 0. The van der Waals surface area contributed by atoms with Crippen LogP contribution in [0, 0.1) is 0 Å². The number of hydrogen-bond acceptors (Lipinski definition) is 7. The van der Waals surface area contributed by atoms with Crippen LogP contribution in [-0.4, -0.2) is 47.5 Å². The lowest BCUT2D eigenvalue weighted by Gasteiger charge is -2.35. The van der Waals surface area contributed by atoms with Crippen LogP contribution >= 0.6 is 12.2 Å². The van der Waals surface area contributed by atoms with Crippen LogP contribution in [0.3, 0.4) is 0 Å². The molecule has 8 nitrogen and oxygen atoms in total. The van der Waals surface area contributed by atoms with Crippen LogP contribution in [-0.2, 0) is 6.54 Å². The van der Waals surface area contributed by atoms with Gasteiger partial charge < -0.3 is 29.9 Å². The first kappa shape index (κ1) is 22.0. The summed E-state index contributed by atoms with van der Waals surface area (Å²) < 4.78 is 10.8. The fourth-order valence-corrected chi connectivity index (χ4v) is 4.89. The number of piperidine rings is 2. The Morgan fingerprint density at radius 2 is 1.79 bits per heavy atom. The van der Waals surface area contributed by atoms with Gasteiger partial charge in [0.05, 0.1) is 0 Å². The topological polar surface area (TPSA) is 74.8 Å². The molecule has 1 aromatic heterocycles. The third-order valence-electron chi connectivity index (χ3n) is 6.59. The van der Waals surface area contributed by atoms with Gasteiger partial charge in [-0.1, -0.05) is 6.07 Å². The summed E-state index contributed by atoms with van der Waals surface area (Å²) in [4.78, 5) is 14.5. The van der Waals surface area contributed by atoms with E-state index in [4.69, 9.17) is 31.7 Å². The number of thiocarbonyl (C=S) groups is 1. The van der Waals surface area contributed by atoms with Gasteiger partial charge in [-0.15, -0.1) is 0 Å². The van der Waals surface area contributed by atoms with E-state index in [1.54, 1.807) is 0 Å². The van der Waals surface area contributed by atoms with Crippen LogP contribution < -0.4 is 29.9 Å². The van der Waals surface area contributed by atoms with Gasteiger partial charge in [0.15, 0.2) is 16.6 Å². The van der Waals surface area contributed by atoms with E-state index >= 15 is 0 Å². The summed E-state index contributed by atoms with van der Waals surface area (Å²) in [6, 6.07) is 8.54. The van der Waals surface area contributed by atoms with Gasteiger partial charge >= 0.3 is 0 Å². The van der Waals surface area contributed by atoms with Crippen molar-refractivity contribution in [1.82, 2.24) is 15.3 Å². The van der Waals surface area contributed by atoms with E-state index in [-0.39, 0.29) is 6.79 Å². The summed E-state index contributed by atoms with van der Waals surface area (Å²) in [5, 5.41) is 6.99. The largest absolute Gasteiger partial charge is 0.454 e. The third kappa shape index (κ3) is 5.24. The number of nitrogens with zero attached hydrogens (tertiary/aromatic N) is 4. The van der Waals surface area contributed by atoms with Crippen molar-refractivity contribution in [2.45, 2.75) is 58.0 Å². The second kappa shape index (κ2) is 9.99. The molecular formula is C24H32N6O2S. The van der Waals surface area contributed by atoms with Crippen molar-refractivity contribution in [2.75, 3.05) is 41.5 Å². The fraction of sp³-hybridized carbons (Fsp3) is 0.542. The molecule has 3 aliphatic heterocycles. The van der Waals surface area contributed by atoms with Crippen molar-refractivity contribution < 1.29 is 9.47 Å². The zero-order chi connectivity index (χ0) is 22.6. The van der Waals surface area contributed by atoms with E-state index in [1.165, 1.54) is 38.5 Å². The molecule has 0 spiro atoms. The van der Waals surface area contributed by atoms with Crippen LogP contribution in [0.1, 0.15) is 51.0 Å². The summed E-state index contributed by atoms with van der Waals surface area (Å²) in [5.41, 5.74) is 1.06. The maximum absolute atomic E-state index is 5.57. The van der Waals surface area contributed by atoms with Crippen LogP contribution in [0.25, 0.3) is 0 Å². The SMILES string of the molecule is C[C@H]1CCCCN1c1cc(N2CCCCC2)nc(NC(=S)NCc2ccc3c(c2)OCO3)n1. The van der Waals surface area contributed by atoms with Gasteiger partial charge in [-0.05, 0) is 75.4 Å². The lowest BCUT2D eigenvalue weighted by atomic mass is 10.0. The summed E-state index contributed by atoms with van der Waals surface area (Å²) in [6.45, 7) is 6.24. The molecule has 1 atom stereocenters. The first-order valence-corrected chi connectivity index (χ1v) is 12.4. The summed E-state index contributed by atoms with van der Waals surface area (Å²) >= 11 is 5.57. The molecule has 9 heteroatoms. The minimum atomic E-state index is 0.273. The Kier molecular flexibility index (Phi) is 6.66. The quantitative estimate of drug-likeness (QED) is 0.632. The highest BCUT2D eigenvalue weighted by atomic mass is 32.1. The monoisotopic (exact) mass is 468 g/mol. The van der Waals surface area contributed by atoms with E-state index in [0.717, 1.165) is 48.3 Å². The molecule has 33 heavy (non-hydrogen) atoms. The third-order valence-corrected chi connectivity index (χ3v) is 6.84.